The number of carbonyl (C=O) groups excluding carboxylic acids is 2. The number of carbonyl (C=O) groups is 2. The molecular formula is C16H21N3O2S. The van der Waals surface area contributed by atoms with E-state index in [-0.39, 0.29) is 24.3 Å². The zero-order valence-corrected chi connectivity index (χ0v) is 13.9. The first-order chi connectivity index (χ1) is 10.5. The van der Waals surface area contributed by atoms with Gasteiger partial charge in [0.2, 0.25) is 11.8 Å². The Hall–Kier alpha value is -1.82. The summed E-state index contributed by atoms with van der Waals surface area (Å²) in [5.41, 5.74) is 1.78. The van der Waals surface area contributed by atoms with Gasteiger partial charge in [0, 0.05) is 18.2 Å². The van der Waals surface area contributed by atoms with Crippen LogP contribution in [0.15, 0.2) is 29.3 Å². The summed E-state index contributed by atoms with van der Waals surface area (Å²) in [6.07, 6.45) is 1.06. The molecule has 1 saturated heterocycles. The number of amidine groups is 1. The summed E-state index contributed by atoms with van der Waals surface area (Å²) in [4.78, 5) is 28.4. The first-order valence-electron chi connectivity index (χ1n) is 7.40. The van der Waals surface area contributed by atoms with E-state index in [0.29, 0.717) is 5.17 Å². The minimum Gasteiger partial charge on any atom is -0.326 e. The molecule has 1 aromatic rings. The van der Waals surface area contributed by atoms with Crippen LogP contribution in [0.25, 0.3) is 0 Å². The third-order valence-corrected chi connectivity index (χ3v) is 4.59. The lowest BCUT2D eigenvalue weighted by atomic mass is 10.2. The fourth-order valence-electron chi connectivity index (χ4n) is 1.97. The van der Waals surface area contributed by atoms with Crippen LogP contribution in [-0.2, 0) is 9.59 Å². The van der Waals surface area contributed by atoms with Crippen molar-refractivity contribution in [3.05, 3.63) is 29.8 Å². The lowest BCUT2D eigenvalue weighted by Crippen LogP contribution is -2.28. The Labute approximate surface area is 135 Å². The topological polar surface area (TPSA) is 70.6 Å². The van der Waals surface area contributed by atoms with E-state index < -0.39 is 5.25 Å². The van der Waals surface area contributed by atoms with Gasteiger partial charge in [0.15, 0.2) is 5.17 Å². The van der Waals surface area contributed by atoms with Crippen molar-refractivity contribution in [1.29, 1.82) is 0 Å². The van der Waals surface area contributed by atoms with Gasteiger partial charge in [0.25, 0.3) is 0 Å². The van der Waals surface area contributed by atoms with Gasteiger partial charge < -0.3 is 10.6 Å². The Kier molecular flexibility index (Phi) is 5.60. The molecule has 1 aliphatic rings. The molecule has 0 saturated carbocycles. The van der Waals surface area contributed by atoms with Crippen LogP contribution < -0.4 is 10.6 Å². The molecule has 5 nitrogen and oxygen atoms in total. The van der Waals surface area contributed by atoms with Crippen molar-refractivity contribution in [3.8, 4) is 0 Å². The molecule has 1 aliphatic heterocycles. The van der Waals surface area contributed by atoms with Gasteiger partial charge in [-0.1, -0.05) is 36.9 Å². The van der Waals surface area contributed by atoms with Gasteiger partial charge in [-0.3, -0.25) is 14.6 Å². The molecule has 22 heavy (non-hydrogen) atoms. The molecule has 6 heteroatoms. The van der Waals surface area contributed by atoms with Gasteiger partial charge in [0.1, 0.15) is 5.25 Å². The molecule has 0 aromatic heterocycles. The number of nitrogens with zero attached hydrogens (tertiary/aromatic N) is 1. The number of aryl methyl sites for hydroxylation is 1. The summed E-state index contributed by atoms with van der Waals surface area (Å²) in [5.74, 6) is -0.307. The fourth-order valence-corrected chi connectivity index (χ4v) is 3.05. The van der Waals surface area contributed by atoms with Crippen LogP contribution in [0.2, 0.25) is 0 Å². The number of thioether (sulfide) groups is 1. The zero-order valence-electron chi connectivity index (χ0n) is 13.1. The monoisotopic (exact) mass is 319 g/mol. The normalized spacial score (nSPS) is 20.8. The largest absolute Gasteiger partial charge is 0.326 e. The number of rotatable bonds is 5. The highest BCUT2D eigenvalue weighted by atomic mass is 32.2. The lowest BCUT2D eigenvalue weighted by molar-refractivity contribution is -0.122. The van der Waals surface area contributed by atoms with Crippen molar-refractivity contribution in [2.75, 3.05) is 5.32 Å². The van der Waals surface area contributed by atoms with Gasteiger partial charge in [-0.25, -0.2) is 0 Å². The predicted molar refractivity (Wildman–Crippen MR) is 91.1 cm³/mol. The number of benzene rings is 1. The summed E-state index contributed by atoms with van der Waals surface area (Å²) in [7, 11) is 0. The lowest BCUT2D eigenvalue weighted by Gasteiger charge is -2.09. The number of hydrogen-bond donors (Lipinski definition) is 2. The van der Waals surface area contributed by atoms with Crippen LogP contribution in [0.3, 0.4) is 0 Å². The highest BCUT2D eigenvalue weighted by molar-refractivity contribution is 8.15. The van der Waals surface area contributed by atoms with Crippen LogP contribution in [-0.4, -0.2) is 28.3 Å². The second-order valence-corrected chi connectivity index (χ2v) is 6.55. The van der Waals surface area contributed by atoms with Crippen molar-refractivity contribution in [2.45, 2.75) is 44.9 Å². The van der Waals surface area contributed by atoms with E-state index in [1.165, 1.54) is 11.8 Å². The molecule has 1 heterocycles. The van der Waals surface area contributed by atoms with Gasteiger partial charge in [-0.05, 0) is 31.9 Å². The molecule has 2 atom stereocenters. The van der Waals surface area contributed by atoms with Crippen LogP contribution in [0.4, 0.5) is 5.69 Å². The number of nitrogens with one attached hydrogen (secondary N) is 2. The van der Waals surface area contributed by atoms with Crippen molar-refractivity contribution in [1.82, 2.24) is 5.32 Å². The fraction of sp³-hybridized carbons (Fsp3) is 0.438. The van der Waals surface area contributed by atoms with Crippen molar-refractivity contribution in [3.63, 3.8) is 0 Å². The first-order valence-corrected chi connectivity index (χ1v) is 8.28. The molecular weight excluding hydrogens is 298 g/mol. The van der Waals surface area contributed by atoms with E-state index in [1.807, 2.05) is 45.0 Å². The van der Waals surface area contributed by atoms with E-state index in [2.05, 4.69) is 15.6 Å². The van der Waals surface area contributed by atoms with E-state index in [0.717, 1.165) is 17.7 Å². The predicted octanol–water partition coefficient (Wildman–Crippen LogP) is 2.71. The highest BCUT2D eigenvalue weighted by Crippen LogP contribution is 2.24. The zero-order chi connectivity index (χ0) is 16.1. The second kappa shape index (κ2) is 7.45. The SMILES string of the molecule is CC[C@@H](C)N=C1NC(=O)[C@@H](CC(=O)Nc2ccccc2C)S1. The second-order valence-electron chi connectivity index (χ2n) is 5.35. The molecule has 2 amide bonds. The van der Waals surface area contributed by atoms with E-state index >= 15 is 0 Å². The number of aliphatic imine (C=N–C) groups is 1. The maximum atomic E-state index is 12.1. The quantitative estimate of drug-likeness (QED) is 0.876. The van der Waals surface area contributed by atoms with Crippen LogP contribution in [0.5, 0.6) is 0 Å². The molecule has 0 spiro atoms. The third-order valence-electron chi connectivity index (χ3n) is 3.49. The van der Waals surface area contributed by atoms with Crippen LogP contribution >= 0.6 is 11.8 Å². The summed E-state index contributed by atoms with van der Waals surface area (Å²) in [5, 5.41) is 5.80. The molecule has 0 unspecified atom stereocenters. The minimum atomic E-state index is -0.410. The Balaban J connectivity index is 1.94. The maximum Gasteiger partial charge on any atom is 0.240 e. The standard InChI is InChI=1S/C16H21N3O2S/c1-4-11(3)17-16-19-15(21)13(22-16)9-14(20)18-12-8-6-5-7-10(12)2/h5-8,11,13H,4,9H2,1-3H3,(H,18,20)(H,17,19,21)/t11-,13-/m1/s1. The number of anilines is 1. The van der Waals surface area contributed by atoms with Gasteiger partial charge in [-0.15, -0.1) is 0 Å². The Bertz CT molecular complexity index is 601. The van der Waals surface area contributed by atoms with Crippen molar-refractivity contribution in [2.24, 2.45) is 4.99 Å². The molecule has 2 rings (SSSR count). The average Bonchev–Trinajstić information content (AvgIpc) is 2.81. The number of amides is 2. The van der Waals surface area contributed by atoms with Gasteiger partial charge >= 0.3 is 0 Å². The van der Waals surface area contributed by atoms with E-state index in [1.54, 1.807) is 0 Å². The number of para-hydroxylation sites is 1. The van der Waals surface area contributed by atoms with Gasteiger partial charge in [-0.2, -0.15) is 0 Å². The van der Waals surface area contributed by atoms with E-state index in [9.17, 15) is 9.59 Å². The Morgan fingerprint density at radius 1 is 1.45 bits per heavy atom. The molecule has 1 aromatic carbocycles. The van der Waals surface area contributed by atoms with Crippen LogP contribution in [0.1, 0.15) is 32.3 Å². The summed E-state index contributed by atoms with van der Waals surface area (Å²) >= 11 is 1.33. The molecule has 2 N–H and O–H groups in total. The summed E-state index contributed by atoms with van der Waals surface area (Å²) < 4.78 is 0. The number of hydrogen-bond acceptors (Lipinski definition) is 4. The van der Waals surface area contributed by atoms with Gasteiger partial charge in [0.05, 0.1) is 0 Å². The maximum absolute atomic E-state index is 12.1. The molecule has 0 aliphatic carbocycles. The van der Waals surface area contributed by atoms with E-state index in [4.69, 9.17) is 0 Å². The Morgan fingerprint density at radius 3 is 2.86 bits per heavy atom. The highest BCUT2D eigenvalue weighted by Gasteiger charge is 2.32. The average molecular weight is 319 g/mol. The Morgan fingerprint density at radius 2 is 2.18 bits per heavy atom. The first kappa shape index (κ1) is 16.5. The molecule has 1 fully saturated rings. The minimum absolute atomic E-state index is 0.143. The summed E-state index contributed by atoms with van der Waals surface area (Å²) in [6, 6.07) is 7.75. The third kappa shape index (κ3) is 4.34. The van der Waals surface area contributed by atoms with Crippen molar-refractivity contribution < 1.29 is 9.59 Å². The van der Waals surface area contributed by atoms with Crippen molar-refractivity contribution >= 4 is 34.4 Å². The smallest absolute Gasteiger partial charge is 0.240 e. The molecule has 0 radical (unpaired) electrons. The van der Waals surface area contributed by atoms with Crippen LogP contribution in [0, 0.1) is 6.92 Å². The summed E-state index contributed by atoms with van der Waals surface area (Å²) in [6.45, 7) is 5.98. The molecule has 0 bridgehead atoms. The molecule has 118 valence electrons.